The summed E-state index contributed by atoms with van der Waals surface area (Å²) in [5.41, 5.74) is 4.80. The van der Waals surface area contributed by atoms with Crippen molar-refractivity contribution in [1.82, 2.24) is 15.0 Å². The molecule has 0 aliphatic heterocycles. The zero-order valence-corrected chi connectivity index (χ0v) is 34.9. The number of fused-ring (bicyclic) bond motifs is 2. The fourth-order valence-electron chi connectivity index (χ4n) is 3.06. The molecule has 3 radical (unpaired) electrons. The molecule has 3 aromatic carbocycles. The molecule has 0 aliphatic rings. The van der Waals surface area contributed by atoms with Gasteiger partial charge in [-0.1, -0.05) is 73.7 Å². The Labute approximate surface area is 333 Å². The van der Waals surface area contributed by atoms with Gasteiger partial charge in [0.15, 0.2) is 0 Å². The van der Waals surface area contributed by atoms with Gasteiger partial charge in [0, 0.05) is 121 Å². The smallest absolute Gasteiger partial charge is 0.0907 e. The van der Waals surface area contributed by atoms with E-state index >= 15 is 0 Å². The number of thiazole rings is 2. The van der Waals surface area contributed by atoms with Crippen LogP contribution in [0.3, 0.4) is 0 Å². The molecule has 0 atom stereocenters. The Hall–Kier alpha value is -0.0983. The molecule has 213 valence electrons. The zero-order valence-electron chi connectivity index (χ0n) is 24.7. The van der Waals surface area contributed by atoms with E-state index in [1.807, 2.05) is 86.1 Å². The van der Waals surface area contributed by atoms with Crippen LogP contribution < -0.4 is 0 Å². The number of aromatic nitrogens is 3. The minimum atomic E-state index is 0. The van der Waals surface area contributed by atoms with E-state index in [-0.39, 0.29) is 128 Å². The van der Waals surface area contributed by atoms with Gasteiger partial charge in [0.2, 0.25) is 0 Å². The first-order chi connectivity index (χ1) is 16.5. The van der Waals surface area contributed by atoms with Gasteiger partial charge in [0.05, 0.1) is 25.7 Å². The third kappa shape index (κ3) is 19.0. The van der Waals surface area contributed by atoms with Crippen molar-refractivity contribution >= 4 is 43.8 Å². The van der Waals surface area contributed by atoms with Gasteiger partial charge < -0.3 is 22.3 Å². The predicted molar refractivity (Wildman–Crippen MR) is 175 cm³/mol. The molecule has 0 saturated carbocycles. The first kappa shape index (κ1) is 50.5. The maximum Gasteiger partial charge on any atom is 0.0907 e. The Morgan fingerprint density at radius 2 is 1.12 bits per heavy atom. The van der Waals surface area contributed by atoms with Crippen molar-refractivity contribution in [2.24, 2.45) is 0 Å². The summed E-state index contributed by atoms with van der Waals surface area (Å²) in [6.45, 7) is 8.21. The molecule has 0 aliphatic carbocycles. The number of rotatable bonds is 0. The van der Waals surface area contributed by atoms with Crippen LogP contribution in [0.25, 0.3) is 21.1 Å². The second-order valence-corrected chi connectivity index (χ2v) is 9.88. The normalized spacial score (nSPS) is 8.10. The maximum absolute atomic E-state index is 4.33. The van der Waals surface area contributed by atoms with Crippen LogP contribution in [-0.2, 0) is 98.1 Å². The van der Waals surface area contributed by atoms with Crippen molar-refractivity contribution in [3.63, 3.8) is 0 Å². The number of nitrogens with zero attached hydrogens (tertiary/aromatic N) is 3. The Bertz CT molecular complexity index is 1370. The largest absolute Gasteiger partial charge is 0.358 e. The molecule has 6 aromatic rings. The van der Waals surface area contributed by atoms with Crippen LogP contribution in [0, 0.1) is 50.0 Å². The summed E-state index contributed by atoms with van der Waals surface area (Å²) < 4.78 is 1.28. The molecule has 0 saturated heterocycles. The third-order valence-electron chi connectivity index (χ3n) is 4.76. The first-order valence-electron chi connectivity index (χ1n) is 11.0. The molecule has 3 aromatic heterocycles. The topological polar surface area (TPSA) is 38.7 Å². The van der Waals surface area contributed by atoms with Gasteiger partial charge in [0.1, 0.15) is 0 Å². The van der Waals surface area contributed by atoms with Crippen molar-refractivity contribution in [3.05, 3.63) is 146 Å². The number of hydrogen-bond donors (Lipinski definition) is 0. The van der Waals surface area contributed by atoms with Crippen molar-refractivity contribution in [2.75, 3.05) is 0 Å². The van der Waals surface area contributed by atoms with E-state index in [0.717, 1.165) is 21.0 Å². The molecule has 0 amide bonds. The van der Waals surface area contributed by atoms with Crippen molar-refractivity contribution < 1.29 is 98.1 Å². The molecule has 0 bridgehead atoms. The Morgan fingerprint density at radius 1 is 0.561 bits per heavy atom. The molecule has 0 unspecified atom stereocenters. The molecule has 0 fully saturated rings. The van der Waals surface area contributed by atoms with E-state index < -0.39 is 0 Å². The van der Waals surface area contributed by atoms with E-state index in [0.29, 0.717) is 0 Å². The average molecular weight is 812 g/mol. The second-order valence-electron chi connectivity index (χ2n) is 7.55. The van der Waals surface area contributed by atoms with Gasteiger partial charge in [-0.05, 0) is 57.5 Å². The monoisotopic (exact) mass is 811 g/mol. The summed E-state index contributed by atoms with van der Waals surface area (Å²) in [6.07, 6.45) is 3.65. The second kappa shape index (κ2) is 28.7. The Kier molecular flexibility index (Phi) is 35.3. The SMILES string of the molecule is C.Cc1ccccc1.Cc1ccnc2ccccc12.Cc1nc2ccccc2s1.Cc1nccs1.[CH3-].[CH3-].[CH3-].[Y].[Y].[Y]. The van der Waals surface area contributed by atoms with Gasteiger partial charge in [-0.25, -0.2) is 4.98 Å². The fourth-order valence-corrected chi connectivity index (χ4v) is 4.32. The van der Waals surface area contributed by atoms with Crippen LogP contribution >= 0.6 is 22.7 Å². The van der Waals surface area contributed by atoms with E-state index in [1.54, 1.807) is 28.9 Å². The van der Waals surface area contributed by atoms with E-state index in [9.17, 15) is 0 Å². The average Bonchev–Trinajstić information content (AvgIpc) is 3.49. The summed E-state index contributed by atoms with van der Waals surface area (Å²) in [5, 5.41) is 5.49. The van der Waals surface area contributed by atoms with Crippen LogP contribution in [0.2, 0.25) is 0 Å². The summed E-state index contributed by atoms with van der Waals surface area (Å²) in [5.74, 6) is 0. The number of aryl methyl sites for hydroxylation is 4. The quantitative estimate of drug-likeness (QED) is 0.144. The molecule has 8 heteroatoms. The maximum atomic E-state index is 4.33. The van der Waals surface area contributed by atoms with E-state index in [2.05, 4.69) is 53.1 Å². The van der Waals surface area contributed by atoms with Gasteiger partial charge in [-0.2, -0.15) is 0 Å². The molecule has 6 rings (SSSR count). The molecule has 3 nitrogen and oxygen atoms in total. The van der Waals surface area contributed by atoms with E-state index in [1.165, 1.54) is 21.2 Å². The number of benzene rings is 3. The number of para-hydroxylation sites is 2. The van der Waals surface area contributed by atoms with Crippen molar-refractivity contribution in [1.29, 1.82) is 0 Å². The molecule has 3 heterocycles. The Balaban J connectivity index is -0.000000136. The van der Waals surface area contributed by atoms with Gasteiger partial charge >= 0.3 is 0 Å². The predicted octanol–water partition coefficient (Wildman–Crippen LogP) is 10.6. The third-order valence-corrected chi connectivity index (χ3v) is 6.42. The zero-order chi connectivity index (χ0) is 24.2. The van der Waals surface area contributed by atoms with E-state index in [4.69, 9.17) is 0 Å². The molecular formula is C33H42N3S2Y3-3. The fraction of sp³-hybridized carbons (Fsp3) is 0.152. The van der Waals surface area contributed by atoms with Gasteiger partial charge in [-0.3, -0.25) is 9.97 Å². The van der Waals surface area contributed by atoms with Crippen LogP contribution in [-0.4, -0.2) is 15.0 Å². The van der Waals surface area contributed by atoms with Gasteiger partial charge in [0.25, 0.3) is 0 Å². The Morgan fingerprint density at radius 3 is 1.59 bits per heavy atom. The molecular weight excluding hydrogens is 769 g/mol. The molecule has 41 heavy (non-hydrogen) atoms. The number of hydrogen-bond acceptors (Lipinski definition) is 5. The summed E-state index contributed by atoms with van der Waals surface area (Å²) >= 11 is 3.41. The summed E-state index contributed by atoms with van der Waals surface area (Å²) in [7, 11) is 0. The van der Waals surface area contributed by atoms with Crippen molar-refractivity contribution in [2.45, 2.75) is 35.1 Å². The minimum absolute atomic E-state index is 0. The van der Waals surface area contributed by atoms with Crippen LogP contribution in [0.4, 0.5) is 0 Å². The standard InChI is InChI=1S/C10H9N.C8H7NS.C7H8.C4H5NS.CH4.3CH3.3Y/c1-8-6-7-11-10-5-3-2-4-9(8)10;1-6-9-7-4-2-3-5-8(7)10-6;1-7-5-3-2-4-6-7;1-4-5-2-3-6-4;;;;;;;/h2-7H,1H3;2-5H,1H3;2-6H,1H3;2-3H,1H3;1H4;3*1H3;;;/q;;;;;3*-1;;;. The number of pyridine rings is 1. The minimum Gasteiger partial charge on any atom is -0.358 e. The summed E-state index contributed by atoms with van der Waals surface area (Å²) in [6, 6.07) is 28.7. The van der Waals surface area contributed by atoms with Crippen LogP contribution in [0.15, 0.2) is 103 Å². The molecule has 0 spiro atoms. The van der Waals surface area contributed by atoms with Crippen LogP contribution in [0.5, 0.6) is 0 Å². The first-order valence-corrected chi connectivity index (χ1v) is 12.7. The van der Waals surface area contributed by atoms with Crippen molar-refractivity contribution in [3.8, 4) is 0 Å². The van der Waals surface area contributed by atoms with Gasteiger partial charge in [-0.15, -0.1) is 22.7 Å². The van der Waals surface area contributed by atoms with Crippen LogP contribution in [0.1, 0.15) is 28.6 Å². The summed E-state index contributed by atoms with van der Waals surface area (Å²) in [4.78, 5) is 12.5. The molecule has 0 N–H and O–H groups in total.